The lowest BCUT2D eigenvalue weighted by molar-refractivity contribution is -0.0132. The summed E-state index contributed by atoms with van der Waals surface area (Å²) in [5, 5.41) is 0. The largest absolute Gasteiger partial charge is 0.467 e. The second kappa shape index (κ2) is 9.56. The smallest absolute Gasteiger partial charge is 0.344 e. The van der Waals surface area contributed by atoms with Crippen molar-refractivity contribution in [3.63, 3.8) is 0 Å². The quantitative estimate of drug-likeness (QED) is 0.491. The molecule has 0 aliphatic carbocycles. The zero-order valence-electron chi connectivity index (χ0n) is 12.0. The van der Waals surface area contributed by atoms with Crippen molar-refractivity contribution in [2.24, 2.45) is 0 Å². The highest BCUT2D eigenvalue weighted by Crippen LogP contribution is 2.33. The molecule has 0 spiro atoms. The van der Waals surface area contributed by atoms with Crippen LogP contribution >= 0.6 is 15.9 Å². The number of methoxy groups -OCH3 is 3. The third-order valence-electron chi connectivity index (χ3n) is 2.23. The summed E-state index contributed by atoms with van der Waals surface area (Å²) in [6.45, 7) is -0.103. The monoisotopic (exact) mass is 364 g/mol. The average molecular weight is 365 g/mol. The number of halogens is 1. The van der Waals surface area contributed by atoms with Crippen LogP contribution in [0.3, 0.4) is 0 Å². The van der Waals surface area contributed by atoms with Crippen LogP contribution in [0.2, 0.25) is 0 Å². The van der Waals surface area contributed by atoms with Crippen molar-refractivity contribution in [2.45, 2.75) is 0 Å². The van der Waals surface area contributed by atoms with E-state index in [2.05, 4.69) is 15.9 Å². The zero-order chi connectivity index (χ0) is 15.7. The number of hydrogen-bond acceptors (Lipinski definition) is 7. The highest BCUT2D eigenvalue weighted by atomic mass is 79.9. The molecule has 0 heterocycles. The molecule has 0 N–H and O–H groups in total. The number of rotatable bonds is 9. The molecule has 1 rings (SSSR count). The van der Waals surface area contributed by atoms with E-state index in [4.69, 9.17) is 28.4 Å². The lowest BCUT2D eigenvalue weighted by atomic mass is 10.2. The maximum Gasteiger partial charge on any atom is 0.344 e. The van der Waals surface area contributed by atoms with Crippen LogP contribution in [-0.2, 0) is 18.9 Å². The first kappa shape index (κ1) is 17.7. The first-order valence-electron chi connectivity index (χ1n) is 5.87. The summed E-state index contributed by atoms with van der Waals surface area (Å²) in [6.07, 6.45) is 0. The molecule has 118 valence electrons. The lowest BCUT2D eigenvalue weighted by Gasteiger charge is -2.14. The van der Waals surface area contributed by atoms with Gasteiger partial charge >= 0.3 is 5.97 Å². The Hall–Kier alpha value is -1.35. The Bertz CT molecular complexity index is 464. The Labute approximate surface area is 131 Å². The summed E-state index contributed by atoms with van der Waals surface area (Å²) in [6, 6.07) is 3.08. The Morgan fingerprint density at radius 2 is 1.52 bits per heavy atom. The standard InChI is InChI=1S/C13H17BrO7/c1-16-6-19-11-5-12(20-7-17-2)10(14)4-9(11)13(15)21-8-18-3/h4-5H,6-8H2,1-3H3. The molecule has 0 aliphatic heterocycles. The van der Waals surface area contributed by atoms with Gasteiger partial charge in [-0.25, -0.2) is 4.79 Å². The Kier molecular flexibility index (Phi) is 8.06. The summed E-state index contributed by atoms with van der Waals surface area (Å²) < 4.78 is 30.6. The Morgan fingerprint density at radius 1 is 0.952 bits per heavy atom. The fourth-order valence-electron chi connectivity index (χ4n) is 1.36. The van der Waals surface area contributed by atoms with E-state index in [1.165, 1.54) is 27.4 Å². The van der Waals surface area contributed by atoms with Crippen molar-refractivity contribution in [3.05, 3.63) is 22.2 Å². The molecule has 7 nitrogen and oxygen atoms in total. The van der Waals surface area contributed by atoms with Gasteiger partial charge in [-0.3, -0.25) is 0 Å². The summed E-state index contributed by atoms with van der Waals surface area (Å²) in [7, 11) is 4.41. The minimum atomic E-state index is -0.582. The molecule has 1 aromatic rings. The molecular weight excluding hydrogens is 348 g/mol. The normalized spacial score (nSPS) is 10.3. The van der Waals surface area contributed by atoms with E-state index in [0.29, 0.717) is 10.2 Å². The number of carbonyl (C=O) groups excluding carboxylic acids is 1. The first-order chi connectivity index (χ1) is 10.1. The maximum absolute atomic E-state index is 12.0. The molecule has 21 heavy (non-hydrogen) atoms. The summed E-state index contributed by atoms with van der Waals surface area (Å²) in [4.78, 5) is 12.0. The van der Waals surface area contributed by atoms with Crippen LogP contribution in [-0.4, -0.2) is 47.7 Å². The van der Waals surface area contributed by atoms with E-state index in [-0.39, 0.29) is 31.7 Å². The van der Waals surface area contributed by atoms with Gasteiger partial charge in [0.1, 0.15) is 17.1 Å². The number of hydrogen-bond donors (Lipinski definition) is 0. The Morgan fingerprint density at radius 3 is 2.10 bits per heavy atom. The summed E-state index contributed by atoms with van der Waals surface area (Å²) >= 11 is 3.31. The van der Waals surface area contributed by atoms with Gasteiger partial charge in [0.05, 0.1) is 4.47 Å². The molecular formula is C13H17BrO7. The molecule has 0 saturated carbocycles. The van der Waals surface area contributed by atoms with Gasteiger partial charge in [0.2, 0.25) is 0 Å². The van der Waals surface area contributed by atoms with Crippen LogP contribution in [0.15, 0.2) is 16.6 Å². The maximum atomic E-state index is 12.0. The molecule has 0 aromatic heterocycles. The molecule has 0 saturated heterocycles. The van der Waals surface area contributed by atoms with Gasteiger partial charge in [-0.2, -0.15) is 0 Å². The van der Waals surface area contributed by atoms with Crippen LogP contribution in [0.5, 0.6) is 11.5 Å². The number of carbonyl (C=O) groups is 1. The molecule has 0 aliphatic rings. The average Bonchev–Trinajstić information content (AvgIpc) is 2.49. The highest BCUT2D eigenvalue weighted by Gasteiger charge is 2.18. The van der Waals surface area contributed by atoms with E-state index in [1.807, 2.05) is 0 Å². The van der Waals surface area contributed by atoms with Crippen molar-refractivity contribution >= 4 is 21.9 Å². The van der Waals surface area contributed by atoms with Gasteiger partial charge in [0.25, 0.3) is 0 Å². The Balaban J connectivity index is 3.03. The fourth-order valence-corrected chi connectivity index (χ4v) is 1.82. The van der Waals surface area contributed by atoms with Gasteiger partial charge in [-0.15, -0.1) is 0 Å². The third kappa shape index (κ3) is 5.50. The van der Waals surface area contributed by atoms with Crippen molar-refractivity contribution in [1.82, 2.24) is 0 Å². The minimum absolute atomic E-state index is 0.0179. The van der Waals surface area contributed by atoms with Gasteiger partial charge in [-0.05, 0) is 22.0 Å². The number of esters is 1. The third-order valence-corrected chi connectivity index (χ3v) is 2.85. The summed E-state index contributed by atoms with van der Waals surface area (Å²) in [5.41, 5.74) is 0.223. The second-order valence-electron chi connectivity index (χ2n) is 3.72. The molecule has 1 aromatic carbocycles. The van der Waals surface area contributed by atoms with E-state index in [9.17, 15) is 4.79 Å². The molecule has 0 amide bonds. The molecule has 0 radical (unpaired) electrons. The van der Waals surface area contributed by atoms with E-state index in [0.717, 1.165) is 0 Å². The predicted octanol–water partition coefficient (Wildman–Crippen LogP) is 2.18. The molecule has 0 unspecified atom stereocenters. The van der Waals surface area contributed by atoms with Crippen molar-refractivity contribution < 1.29 is 33.2 Å². The van der Waals surface area contributed by atoms with Crippen molar-refractivity contribution in [3.8, 4) is 11.5 Å². The van der Waals surface area contributed by atoms with Crippen LogP contribution in [0.1, 0.15) is 10.4 Å². The van der Waals surface area contributed by atoms with E-state index >= 15 is 0 Å². The topological polar surface area (TPSA) is 72.5 Å². The van der Waals surface area contributed by atoms with Crippen LogP contribution in [0, 0.1) is 0 Å². The molecule has 0 atom stereocenters. The van der Waals surface area contributed by atoms with Crippen molar-refractivity contribution in [2.75, 3.05) is 41.7 Å². The molecule has 0 fully saturated rings. The van der Waals surface area contributed by atoms with Gasteiger partial charge in [-0.1, -0.05) is 0 Å². The minimum Gasteiger partial charge on any atom is -0.467 e. The van der Waals surface area contributed by atoms with Crippen molar-refractivity contribution in [1.29, 1.82) is 0 Å². The zero-order valence-corrected chi connectivity index (χ0v) is 13.6. The van der Waals surface area contributed by atoms with Crippen LogP contribution < -0.4 is 9.47 Å². The van der Waals surface area contributed by atoms with Crippen LogP contribution in [0.4, 0.5) is 0 Å². The lowest BCUT2D eigenvalue weighted by Crippen LogP contribution is -2.11. The second-order valence-corrected chi connectivity index (χ2v) is 4.57. The fraction of sp³-hybridized carbons (Fsp3) is 0.462. The predicted molar refractivity (Wildman–Crippen MR) is 76.4 cm³/mol. The van der Waals surface area contributed by atoms with Crippen LogP contribution in [0.25, 0.3) is 0 Å². The molecule has 8 heteroatoms. The SMILES string of the molecule is COCOC(=O)c1cc(Br)c(OCOC)cc1OCOC. The van der Waals surface area contributed by atoms with Gasteiger partial charge < -0.3 is 28.4 Å². The number of benzene rings is 1. The van der Waals surface area contributed by atoms with Gasteiger partial charge in [0.15, 0.2) is 20.4 Å². The molecule has 0 bridgehead atoms. The van der Waals surface area contributed by atoms with E-state index < -0.39 is 5.97 Å². The van der Waals surface area contributed by atoms with Gasteiger partial charge in [0, 0.05) is 27.4 Å². The summed E-state index contributed by atoms with van der Waals surface area (Å²) in [5.74, 6) is 0.153. The van der Waals surface area contributed by atoms with E-state index in [1.54, 1.807) is 6.07 Å². The number of ether oxygens (including phenoxy) is 6. The first-order valence-corrected chi connectivity index (χ1v) is 6.66. The highest BCUT2D eigenvalue weighted by molar-refractivity contribution is 9.10.